The number of hydrogen-bond donors (Lipinski definition) is 1. The molecule has 0 aliphatic carbocycles. The van der Waals surface area contributed by atoms with Gasteiger partial charge in [-0.05, 0) is 48.9 Å². The predicted molar refractivity (Wildman–Crippen MR) is 76.2 cm³/mol. The predicted octanol–water partition coefficient (Wildman–Crippen LogP) is 3.87. The van der Waals surface area contributed by atoms with E-state index in [1.165, 1.54) is 0 Å². The van der Waals surface area contributed by atoms with Crippen LogP contribution in [-0.2, 0) is 0 Å². The van der Waals surface area contributed by atoms with Crippen molar-refractivity contribution in [3.05, 3.63) is 63.9 Å². The largest absolute Gasteiger partial charge is 0.330 e. The number of nitrogens with zero attached hydrogens (tertiary/aromatic N) is 1. The van der Waals surface area contributed by atoms with Crippen LogP contribution in [0.5, 0.6) is 0 Å². The van der Waals surface area contributed by atoms with E-state index < -0.39 is 0 Å². The molecule has 0 saturated carbocycles. The number of hydrogen-bond acceptors (Lipinski definition) is 2. The number of pyridine rings is 1. The molecule has 0 unspecified atom stereocenters. The van der Waals surface area contributed by atoms with Crippen molar-refractivity contribution in [3.63, 3.8) is 0 Å². The first-order valence-corrected chi connectivity index (χ1v) is 6.53. The summed E-state index contributed by atoms with van der Waals surface area (Å²) >= 11 is 12.1. The third-order valence-electron chi connectivity index (χ3n) is 2.79. The average molecular weight is 281 g/mol. The Kier molecular flexibility index (Phi) is 4.59. The fourth-order valence-electron chi connectivity index (χ4n) is 2.01. The van der Waals surface area contributed by atoms with Crippen LogP contribution >= 0.6 is 23.2 Å². The highest BCUT2D eigenvalue weighted by molar-refractivity contribution is 6.34. The molecule has 0 saturated heterocycles. The molecule has 2 rings (SSSR count). The summed E-state index contributed by atoms with van der Waals surface area (Å²) in [7, 11) is 0. The lowest BCUT2D eigenvalue weighted by molar-refractivity contribution is 0.706. The SMILES string of the molecule is NCC[C@@H](c1cc(Cl)cc(Cl)c1)c1ccccn1. The van der Waals surface area contributed by atoms with Gasteiger partial charge in [-0.1, -0.05) is 29.3 Å². The van der Waals surface area contributed by atoms with E-state index in [4.69, 9.17) is 28.9 Å². The molecule has 0 amide bonds. The molecule has 1 aromatic carbocycles. The molecule has 4 heteroatoms. The lowest BCUT2D eigenvalue weighted by atomic mass is 9.92. The van der Waals surface area contributed by atoms with Crippen LogP contribution in [0.3, 0.4) is 0 Å². The summed E-state index contributed by atoms with van der Waals surface area (Å²) < 4.78 is 0. The monoisotopic (exact) mass is 280 g/mol. The summed E-state index contributed by atoms with van der Waals surface area (Å²) in [6, 6.07) is 11.4. The molecular weight excluding hydrogens is 267 g/mol. The van der Waals surface area contributed by atoms with Crippen LogP contribution in [0.25, 0.3) is 0 Å². The Hall–Kier alpha value is -1.09. The van der Waals surface area contributed by atoms with E-state index in [0.717, 1.165) is 17.7 Å². The van der Waals surface area contributed by atoms with E-state index in [1.54, 1.807) is 12.3 Å². The van der Waals surface area contributed by atoms with E-state index in [2.05, 4.69) is 4.98 Å². The Morgan fingerprint density at radius 3 is 2.39 bits per heavy atom. The molecule has 1 heterocycles. The van der Waals surface area contributed by atoms with Gasteiger partial charge < -0.3 is 5.73 Å². The van der Waals surface area contributed by atoms with Gasteiger partial charge in [0.2, 0.25) is 0 Å². The summed E-state index contributed by atoms with van der Waals surface area (Å²) in [6.45, 7) is 0.589. The number of benzene rings is 1. The first kappa shape index (κ1) is 13.3. The maximum absolute atomic E-state index is 6.05. The molecule has 2 nitrogen and oxygen atoms in total. The molecule has 0 spiro atoms. The van der Waals surface area contributed by atoms with Crippen molar-refractivity contribution in [2.24, 2.45) is 5.73 Å². The zero-order valence-electron chi connectivity index (χ0n) is 9.81. The summed E-state index contributed by atoms with van der Waals surface area (Å²) in [5, 5.41) is 1.27. The molecule has 1 atom stereocenters. The topological polar surface area (TPSA) is 38.9 Å². The smallest absolute Gasteiger partial charge is 0.0478 e. The Morgan fingerprint density at radius 1 is 1.11 bits per heavy atom. The van der Waals surface area contributed by atoms with Gasteiger partial charge in [-0.15, -0.1) is 0 Å². The van der Waals surface area contributed by atoms with E-state index >= 15 is 0 Å². The molecule has 2 aromatic rings. The Labute approximate surface area is 117 Å². The lowest BCUT2D eigenvalue weighted by Crippen LogP contribution is -2.10. The normalized spacial score (nSPS) is 12.4. The number of rotatable bonds is 4. The maximum Gasteiger partial charge on any atom is 0.0478 e. The van der Waals surface area contributed by atoms with Crippen LogP contribution in [0.1, 0.15) is 23.6 Å². The molecule has 1 aromatic heterocycles. The van der Waals surface area contributed by atoms with Crippen molar-refractivity contribution in [2.45, 2.75) is 12.3 Å². The Bertz CT molecular complexity index is 494. The van der Waals surface area contributed by atoms with Crippen molar-refractivity contribution in [1.29, 1.82) is 0 Å². The molecule has 0 aliphatic heterocycles. The summed E-state index contributed by atoms with van der Waals surface area (Å²) in [5.74, 6) is 0.132. The van der Waals surface area contributed by atoms with Gasteiger partial charge in [0.05, 0.1) is 0 Å². The van der Waals surface area contributed by atoms with Gasteiger partial charge in [-0.2, -0.15) is 0 Å². The summed E-state index contributed by atoms with van der Waals surface area (Å²) in [4.78, 5) is 4.39. The van der Waals surface area contributed by atoms with Crippen molar-refractivity contribution in [1.82, 2.24) is 4.98 Å². The molecule has 0 radical (unpaired) electrons. The minimum Gasteiger partial charge on any atom is -0.330 e. The van der Waals surface area contributed by atoms with Gasteiger partial charge in [0, 0.05) is 27.9 Å². The van der Waals surface area contributed by atoms with Crippen molar-refractivity contribution >= 4 is 23.2 Å². The second-order valence-electron chi connectivity index (χ2n) is 4.09. The zero-order chi connectivity index (χ0) is 13.0. The third-order valence-corrected chi connectivity index (χ3v) is 3.22. The summed E-state index contributed by atoms with van der Waals surface area (Å²) in [5.41, 5.74) is 7.73. The van der Waals surface area contributed by atoms with Gasteiger partial charge in [0.25, 0.3) is 0 Å². The van der Waals surface area contributed by atoms with Crippen LogP contribution in [0.4, 0.5) is 0 Å². The highest BCUT2D eigenvalue weighted by atomic mass is 35.5. The first-order chi connectivity index (χ1) is 8.70. The fraction of sp³-hybridized carbons (Fsp3) is 0.214. The standard InChI is InChI=1S/C14H14Cl2N2/c15-11-7-10(8-12(16)9-11)13(4-5-17)14-3-1-2-6-18-14/h1-3,6-9,13H,4-5,17H2/t13-/m0/s1. The highest BCUT2D eigenvalue weighted by Gasteiger charge is 2.15. The zero-order valence-corrected chi connectivity index (χ0v) is 11.3. The van der Waals surface area contributed by atoms with Crippen LogP contribution in [0.2, 0.25) is 10.0 Å². The third kappa shape index (κ3) is 3.22. The molecule has 18 heavy (non-hydrogen) atoms. The molecule has 0 bridgehead atoms. The highest BCUT2D eigenvalue weighted by Crippen LogP contribution is 2.30. The first-order valence-electron chi connectivity index (χ1n) is 5.77. The van der Waals surface area contributed by atoms with Gasteiger partial charge in [-0.3, -0.25) is 4.98 Å². The molecule has 2 N–H and O–H groups in total. The molecule has 94 valence electrons. The van der Waals surface area contributed by atoms with Crippen molar-refractivity contribution in [3.8, 4) is 0 Å². The molecule has 0 fully saturated rings. The Balaban J connectivity index is 2.41. The minimum atomic E-state index is 0.132. The van der Waals surface area contributed by atoms with Crippen molar-refractivity contribution in [2.75, 3.05) is 6.54 Å². The van der Waals surface area contributed by atoms with Gasteiger partial charge >= 0.3 is 0 Å². The van der Waals surface area contributed by atoms with Crippen LogP contribution in [-0.4, -0.2) is 11.5 Å². The van der Waals surface area contributed by atoms with Gasteiger partial charge in [0.1, 0.15) is 0 Å². The Morgan fingerprint density at radius 2 is 1.83 bits per heavy atom. The van der Waals surface area contributed by atoms with Gasteiger partial charge in [0.15, 0.2) is 0 Å². The lowest BCUT2D eigenvalue weighted by Gasteiger charge is -2.16. The fourth-order valence-corrected chi connectivity index (χ4v) is 2.55. The van der Waals surface area contributed by atoms with Gasteiger partial charge in [-0.25, -0.2) is 0 Å². The second-order valence-corrected chi connectivity index (χ2v) is 4.96. The van der Waals surface area contributed by atoms with Crippen molar-refractivity contribution < 1.29 is 0 Å². The number of halogens is 2. The minimum absolute atomic E-state index is 0.132. The van der Waals surface area contributed by atoms with Crippen LogP contribution < -0.4 is 5.73 Å². The number of aromatic nitrogens is 1. The average Bonchev–Trinajstić information content (AvgIpc) is 2.36. The van der Waals surface area contributed by atoms with E-state index in [-0.39, 0.29) is 5.92 Å². The van der Waals surface area contributed by atoms with Crippen LogP contribution in [0.15, 0.2) is 42.6 Å². The van der Waals surface area contributed by atoms with Crippen LogP contribution in [0, 0.1) is 0 Å². The number of nitrogens with two attached hydrogens (primary N) is 1. The maximum atomic E-state index is 6.05. The molecular formula is C14H14Cl2N2. The van der Waals surface area contributed by atoms with E-state index in [0.29, 0.717) is 16.6 Å². The van der Waals surface area contributed by atoms with E-state index in [1.807, 2.05) is 30.3 Å². The van der Waals surface area contributed by atoms with E-state index in [9.17, 15) is 0 Å². The molecule has 0 aliphatic rings. The quantitative estimate of drug-likeness (QED) is 0.924. The summed E-state index contributed by atoms with van der Waals surface area (Å²) in [6.07, 6.45) is 2.60. The second kappa shape index (κ2) is 6.19.